The number of fused-ring (bicyclic) bond motifs is 21. The summed E-state index contributed by atoms with van der Waals surface area (Å²) in [6.07, 6.45) is 0. The number of hydrogen-bond donors (Lipinski definition) is 0. The van der Waals surface area contributed by atoms with Crippen LogP contribution in [0.15, 0.2) is 382 Å². The summed E-state index contributed by atoms with van der Waals surface area (Å²) in [4.78, 5) is 21.6. The smallest absolute Gasteiger partial charge is 0.235 e. The molecule has 115 heavy (non-hydrogen) atoms. The largest absolute Gasteiger partial charge is 0.309 e. The van der Waals surface area contributed by atoms with Crippen molar-refractivity contribution in [1.82, 2.24) is 33.6 Å². The van der Waals surface area contributed by atoms with Crippen LogP contribution in [-0.4, -0.2) is 33.6 Å². The highest BCUT2D eigenvalue weighted by molar-refractivity contribution is 7.26. The highest BCUT2D eigenvalue weighted by atomic mass is 32.1. The van der Waals surface area contributed by atoms with Crippen molar-refractivity contribution in [2.45, 2.75) is 0 Å². The van der Waals surface area contributed by atoms with Gasteiger partial charge in [-0.2, -0.15) is 0 Å². The summed E-state index contributed by atoms with van der Waals surface area (Å²) in [5.74, 6) is 1.32. The molecule has 0 fully saturated rings. The van der Waals surface area contributed by atoms with E-state index in [1.807, 2.05) is 22.7 Å². The molecule has 0 aliphatic rings. The molecule has 7 aromatic heterocycles. The summed E-state index contributed by atoms with van der Waals surface area (Å²) in [6, 6.07) is 138. The van der Waals surface area contributed by atoms with Crippen LogP contribution < -0.4 is 0 Å². The van der Waals surface area contributed by atoms with Crippen molar-refractivity contribution >= 4 is 183 Å². The molecule has 0 atom stereocenters. The van der Waals surface area contributed by atoms with E-state index >= 15 is 0 Å². The van der Waals surface area contributed by atoms with Crippen LogP contribution in [-0.2, 0) is 0 Å². The predicted molar refractivity (Wildman–Crippen MR) is 488 cm³/mol. The number of para-hydroxylation sites is 5. The van der Waals surface area contributed by atoms with Crippen molar-refractivity contribution in [3.63, 3.8) is 0 Å². The van der Waals surface area contributed by atoms with E-state index in [2.05, 4.69) is 396 Å². The second-order valence-corrected chi connectivity index (χ2v) is 32.1. The molecule has 0 N–H and O–H groups in total. The predicted octanol–water partition coefficient (Wildman–Crippen LogP) is 29.1. The fraction of sp³-hybridized carbons (Fsp3) is 0. The Morgan fingerprint density at radius 1 is 0.191 bits per heavy atom. The van der Waals surface area contributed by atoms with Gasteiger partial charge in [0, 0.05) is 100 Å². The van der Waals surface area contributed by atoms with Crippen molar-refractivity contribution in [2.24, 2.45) is 0 Å². The highest BCUT2D eigenvalue weighted by Crippen LogP contribution is 2.47. The third kappa shape index (κ3) is 10.5. The van der Waals surface area contributed by atoms with E-state index in [4.69, 9.17) is 19.9 Å². The number of benzene rings is 18. The van der Waals surface area contributed by atoms with Crippen LogP contribution in [0.4, 0.5) is 0 Å². The topological polar surface area (TPSA) is 66.3 Å². The Morgan fingerprint density at radius 3 is 1.19 bits per heavy atom. The van der Waals surface area contributed by atoms with E-state index in [0.717, 1.165) is 72.1 Å². The summed E-state index contributed by atoms with van der Waals surface area (Å²) in [7, 11) is 0. The fourth-order valence-electron chi connectivity index (χ4n) is 18.1. The lowest BCUT2D eigenvalue weighted by molar-refractivity contribution is 1.01. The molecule has 7 nitrogen and oxygen atoms in total. The van der Waals surface area contributed by atoms with Gasteiger partial charge in [0.05, 0.1) is 55.5 Å². The molecule has 25 aromatic rings. The summed E-state index contributed by atoms with van der Waals surface area (Å²) < 4.78 is 12.0. The van der Waals surface area contributed by atoms with E-state index in [9.17, 15) is 0 Å². The van der Waals surface area contributed by atoms with Gasteiger partial charge >= 0.3 is 0 Å². The second-order valence-electron chi connectivity index (χ2n) is 30.0. The molecular formula is C106H63N7S2. The van der Waals surface area contributed by atoms with Gasteiger partial charge in [-0.15, -0.1) is 22.7 Å². The average Bonchev–Trinajstić information content (AvgIpc) is 1.57. The first kappa shape index (κ1) is 65.0. The van der Waals surface area contributed by atoms with Gasteiger partial charge in [-0.25, -0.2) is 19.9 Å². The Labute approximate surface area is 667 Å². The molecule has 534 valence electrons. The number of aromatic nitrogens is 7. The Bertz CT molecular complexity index is 8360. The number of thiophene rings is 2. The molecule has 0 aliphatic carbocycles. The molecular weight excluding hydrogens is 1440 g/mol. The van der Waals surface area contributed by atoms with Crippen molar-refractivity contribution in [1.29, 1.82) is 0 Å². The minimum Gasteiger partial charge on any atom is -0.309 e. The SMILES string of the molecule is c1ccc(-c2ccc3c(c2)c2c4ccccc4c(-c4ccccc4)cc2n3-c2nc(-c3ccc4c(c3)sc3cc5ccccc5cc34)c3ccccc3n2)cc1.c1ccc(-n2c3ccccc3c3cc(-c4ccc5c(c4)c4ccccc4n5-c4nc(-c5ccc6sc7cc8ccccc8cc7c6c5)c5ccccc5n4)ccc32)cc1. The molecule has 0 bridgehead atoms. The minimum atomic E-state index is 0.656. The Morgan fingerprint density at radius 2 is 0.583 bits per heavy atom. The van der Waals surface area contributed by atoms with E-state index < -0.39 is 0 Å². The van der Waals surface area contributed by atoms with Crippen LogP contribution in [0.2, 0.25) is 0 Å². The molecule has 7 heterocycles. The molecule has 0 aliphatic heterocycles. The van der Waals surface area contributed by atoms with Crippen molar-refractivity contribution < 1.29 is 0 Å². The monoisotopic (exact) mass is 1500 g/mol. The number of rotatable bonds is 8. The van der Waals surface area contributed by atoms with Crippen LogP contribution in [0.1, 0.15) is 0 Å². The van der Waals surface area contributed by atoms with Gasteiger partial charge in [0.2, 0.25) is 11.9 Å². The minimum absolute atomic E-state index is 0.656. The Kier molecular flexibility index (Phi) is 14.7. The molecule has 0 amide bonds. The maximum absolute atomic E-state index is 5.54. The molecule has 0 unspecified atom stereocenters. The molecule has 0 spiro atoms. The Hall–Kier alpha value is -14.7. The van der Waals surface area contributed by atoms with E-state index in [1.54, 1.807) is 0 Å². The van der Waals surface area contributed by atoms with Gasteiger partial charge in [0.1, 0.15) is 0 Å². The molecule has 0 radical (unpaired) electrons. The average molecular weight is 1500 g/mol. The quantitative estimate of drug-likeness (QED) is 0.152. The lowest BCUT2D eigenvalue weighted by atomic mass is 9.94. The van der Waals surface area contributed by atoms with Gasteiger partial charge < -0.3 is 4.57 Å². The maximum Gasteiger partial charge on any atom is 0.235 e. The fourth-order valence-corrected chi connectivity index (χ4v) is 20.4. The van der Waals surface area contributed by atoms with Crippen molar-refractivity contribution in [2.75, 3.05) is 0 Å². The molecule has 0 saturated heterocycles. The van der Waals surface area contributed by atoms with Crippen LogP contribution in [0.25, 0.3) is 233 Å². The second kappa shape index (κ2) is 25.9. The molecule has 25 rings (SSSR count). The molecule has 0 saturated carbocycles. The molecule has 18 aromatic carbocycles. The maximum atomic E-state index is 5.54. The van der Waals surface area contributed by atoms with E-state index in [-0.39, 0.29) is 0 Å². The van der Waals surface area contributed by atoms with Gasteiger partial charge in [-0.3, -0.25) is 9.13 Å². The first-order valence-electron chi connectivity index (χ1n) is 39.0. The zero-order valence-electron chi connectivity index (χ0n) is 61.8. The molecule has 9 heteroatoms. The zero-order chi connectivity index (χ0) is 75.3. The van der Waals surface area contributed by atoms with Crippen LogP contribution in [0, 0.1) is 0 Å². The van der Waals surface area contributed by atoms with Crippen LogP contribution in [0.3, 0.4) is 0 Å². The summed E-state index contributed by atoms with van der Waals surface area (Å²) in [5.41, 5.74) is 20.8. The lowest BCUT2D eigenvalue weighted by Gasteiger charge is -2.13. The third-order valence-corrected chi connectivity index (χ3v) is 25.7. The summed E-state index contributed by atoms with van der Waals surface area (Å²) >= 11 is 3.70. The highest BCUT2D eigenvalue weighted by Gasteiger charge is 2.25. The van der Waals surface area contributed by atoms with Crippen LogP contribution >= 0.6 is 22.7 Å². The van der Waals surface area contributed by atoms with Gasteiger partial charge in [0.25, 0.3) is 0 Å². The summed E-state index contributed by atoms with van der Waals surface area (Å²) in [6.45, 7) is 0. The third-order valence-electron chi connectivity index (χ3n) is 23.5. The van der Waals surface area contributed by atoms with Crippen LogP contribution in [0.5, 0.6) is 0 Å². The van der Waals surface area contributed by atoms with Gasteiger partial charge in [-0.1, -0.05) is 261 Å². The van der Waals surface area contributed by atoms with E-state index in [0.29, 0.717) is 11.9 Å². The zero-order valence-corrected chi connectivity index (χ0v) is 63.5. The first-order valence-corrected chi connectivity index (χ1v) is 40.6. The van der Waals surface area contributed by atoms with Gasteiger partial charge in [0.15, 0.2) is 0 Å². The summed E-state index contributed by atoms with van der Waals surface area (Å²) in [5, 5.41) is 21.9. The Balaban J connectivity index is 0.000000133. The van der Waals surface area contributed by atoms with Crippen molar-refractivity contribution in [3.05, 3.63) is 382 Å². The van der Waals surface area contributed by atoms with E-state index in [1.165, 1.54) is 149 Å². The lowest BCUT2D eigenvalue weighted by Crippen LogP contribution is -2.03. The standard InChI is InChI=1S/C54H32N4S.C52H31N3S/c1-2-14-38(15-3-1)57-47-20-10-7-16-39(47)42-28-35(22-25-49(42)57)36-23-26-50-43(29-36)40-17-8-11-21-48(40)58(50)54-55-46-19-9-6-18-41(46)53(56-54)37-24-27-51-44(31-37)45-30-33-12-4-5-13-34(33)32-52(45)59-51;1-3-13-32(14-4-1)36-24-26-46-44(28-36)50-40-20-10-9-19-38(40)42(33-15-5-2-6-16-33)31-47(50)55(46)52-53-45-22-12-11-21-41(45)51(54-52)37-23-25-39-43-27-34-17-7-8-18-35(34)29-49(43)56-48(39)30-37/h1-32H;1-31H. The van der Waals surface area contributed by atoms with Gasteiger partial charge in [-0.05, 0) is 187 Å². The number of nitrogens with zero attached hydrogens (tertiary/aromatic N) is 7. The first-order chi connectivity index (χ1) is 57.0. The normalized spacial score (nSPS) is 12.0. The van der Waals surface area contributed by atoms with Crippen molar-refractivity contribution in [3.8, 4) is 73.5 Å². The number of hydrogen-bond acceptors (Lipinski definition) is 6.